The van der Waals surface area contributed by atoms with Crippen LogP contribution >= 0.6 is 11.3 Å². The zero-order valence-electron chi connectivity index (χ0n) is 16.2. The van der Waals surface area contributed by atoms with E-state index in [-0.39, 0.29) is 12.7 Å². The minimum absolute atomic E-state index is 0.0159. The van der Waals surface area contributed by atoms with Gasteiger partial charge >= 0.3 is 0 Å². The standard InChI is InChI=1S/C21H19N3O4S/c1-10-4-15-19(27-9-11(2)28-15)20-17(10)24-21(29-20)13-5-12(8-25)6-14-18(13)22-7-16(23-14)26-3/h4-7,11,25H,8-9H2,1-3H3/t11-/m1/s1. The Morgan fingerprint density at radius 2 is 2.10 bits per heavy atom. The molecule has 0 aliphatic carbocycles. The van der Waals surface area contributed by atoms with E-state index >= 15 is 0 Å². The third-order valence-corrected chi connectivity index (χ3v) is 5.96. The summed E-state index contributed by atoms with van der Waals surface area (Å²) < 4.78 is 18.1. The van der Waals surface area contributed by atoms with E-state index in [2.05, 4.69) is 9.97 Å². The fourth-order valence-electron chi connectivity index (χ4n) is 3.49. The van der Waals surface area contributed by atoms with Crippen molar-refractivity contribution in [2.75, 3.05) is 13.7 Å². The first-order valence-corrected chi connectivity index (χ1v) is 10.1. The number of fused-ring (bicyclic) bond motifs is 4. The molecule has 5 rings (SSSR count). The molecule has 4 aromatic rings. The van der Waals surface area contributed by atoms with Gasteiger partial charge in [0.2, 0.25) is 5.88 Å². The van der Waals surface area contributed by atoms with E-state index in [1.54, 1.807) is 13.3 Å². The molecule has 0 unspecified atom stereocenters. The molecule has 0 saturated heterocycles. The minimum Gasteiger partial charge on any atom is -0.484 e. The highest BCUT2D eigenvalue weighted by atomic mass is 32.1. The Labute approximate surface area is 170 Å². The number of aliphatic hydroxyl groups excluding tert-OH is 1. The normalized spacial score (nSPS) is 15.8. The van der Waals surface area contributed by atoms with Crippen molar-refractivity contribution in [2.24, 2.45) is 0 Å². The fourth-order valence-corrected chi connectivity index (χ4v) is 4.64. The van der Waals surface area contributed by atoms with Crippen LogP contribution in [0.5, 0.6) is 17.4 Å². The lowest BCUT2D eigenvalue weighted by molar-refractivity contribution is 0.106. The van der Waals surface area contributed by atoms with E-state index in [1.165, 1.54) is 11.3 Å². The third kappa shape index (κ3) is 2.95. The molecule has 0 amide bonds. The molecule has 7 nitrogen and oxygen atoms in total. The lowest BCUT2D eigenvalue weighted by Gasteiger charge is -2.24. The quantitative estimate of drug-likeness (QED) is 0.549. The summed E-state index contributed by atoms with van der Waals surface area (Å²) in [6.07, 6.45) is 1.60. The van der Waals surface area contributed by atoms with Crippen LogP contribution in [0.2, 0.25) is 0 Å². The second kappa shape index (κ2) is 6.82. The van der Waals surface area contributed by atoms with Gasteiger partial charge in [-0.25, -0.2) is 15.0 Å². The number of hydrogen-bond donors (Lipinski definition) is 1. The van der Waals surface area contributed by atoms with E-state index in [0.717, 1.165) is 43.4 Å². The van der Waals surface area contributed by atoms with Crippen molar-refractivity contribution in [1.29, 1.82) is 0 Å². The molecule has 0 radical (unpaired) electrons. The number of aryl methyl sites for hydroxylation is 1. The Morgan fingerprint density at radius 3 is 2.90 bits per heavy atom. The number of aliphatic hydroxyl groups is 1. The van der Waals surface area contributed by atoms with Crippen molar-refractivity contribution < 1.29 is 19.3 Å². The third-order valence-electron chi connectivity index (χ3n) is 4.88. The molecule has 0 bridgehead atoms. The summed E-state index contributed by atoms with van der Waals surface area (Å²) in [5.74, 6) is 1.91. The summed E-state index contributed by atoms with van der Waals surface area (Å²) in [6, 6.07) is 5.69. The topological polar surface area (TPSA) is 86.6 Å². The first-order chi connectivity index (χ1) is 14.1. The summed E-state index contributed by atoms with van der Waals surface area (Å²) >= 11 is 1.53. The Bertz CT molecular complexity index is 1250. The highest BCUT2D eigenvalue weighted by Crippen LogP contribution is 2.45. The Kier molecular flexibility index (Phi) is 4.25. The summed E-state index contributed by atoms with van der Waals surface area (Å²) in [7, 11) is 1.55. The van der Waals surface area contributed by atoms with Gasteiger partial charge in [-0.3, -0.25) is 0 Å². The van der Waals surface area contributed by atoms with Crippen LogP contribution in [-0.2, 0) is 6.61 Å². The predicted molar refractivity (Wildman–Crippen MR) is 111 cm³/mol. The van der Waals surface area contributed by atoms with Gasteiger partial charge in [0.25, 0.3) is 0 Å². The van der Waals surface area contributed by atoms with Crippen LogP contribution in [0, 0.1) is 6.92 Å². The van der Waals surface area contributed by atoms with Crippen molar-refractivity contribution in [1.82, 2.24) is 15.0 Å². The molecule has 0 fully saturated rings. The maximum atomic E-state index is 9.73. The van der Waals surface area contributed by atoms with Crippen LogP contribution in [0.1, 0.15) is 18.1 Å². The molecule has 148 valence electrons. The van der Waals surface area contributed by atoms with Crippen LogP contribution in [0.3, 0.4) is 0 Å². The first kappa shape index (κ1) is 18.1. The number of thiazole rings is 1. The van der Waals surface area contributed by atoms with Crippen molar-refractivity contribution >= 4 is 32.6 Å². The molecule has 0 saturated carbocycles. The van der Waals surface area contributed by atoms with Crippen LogP contribution < -0.4 is 14.2 Å². The number of rotatable bonds is 3. The minimum atomic E-state index is -0.101. The van der Waals surface area contributed by atoms with Gasteiger partial charge in [-0.05, 0) is 43.2 Å². The maximum absolute atomic E-state index is 9.73. The molecule has 2 aromatic heterocycles. The highest BCUT2D eigenvalue weighted by molar-refractivity contribution is 7.22. The van der Waals surface area contributed by atoms with Crippen LogP contribution in [0.4, 0.5) is 0 Å². The Hall–Kier alpha value is -2.97. The average molecular weight is 409 g/mol. The van der Waals surface area contributed by atoms with Crippen LogP contribution in [-0.4, -0.2) is 39.9 Å². The van der Waals surface area contributed by atoms with Gasteiger partial charge in [-0.2, -0.15) is 0 Å². The lowest BCUT2D eigenvalue weighted by atomic mass is 10.1. The number of hydrogen-bond acceptors (Lipinski definition) is 8. The number of aromatic nitrogens is 3. The zero-order chi connectivity index (χ0) is 20.1. The second-order valence-electron chi connectivity index (χ2n) is 7.04. The van der Waals surface area contributed by atoms with Gasteiger partial charge < -0.3 is 19.3 Å². The van der Waals surface area contributed by atoms with E-state index in [0.29, 0.717) is 23.5 Å². The van der Waals surface area contributed by atoms with Crippen molar-refractivity contribution in [3.8, 4) is 28.0 Å². The van der Waals surface area contributed by atoms with Crippen LogP contribution in [0.15, 0.2) is 24.4 Å². The van der Waals surface area contributed by atoms with E-state index in [9.17, 15) is 5.11 Å². The molecular weight excluding hydrogens is 390 g/mol. The molecule has 1 aliphatic rings. The zero-order valence-corrected chi connectivity index (χ0v) is 17.0. The molecule has 29 heavy (non-hydrogen) atoms. The highest BCUT2D eigenvalue weighted by Gasteiger charge is 2.24. The summed E-state index contributed by atoms with van der Waals surface area (Å²) in [5.41, 5.74) is 4.82. The molecule has 3 heterocycles. The molecule has 1 atom stereocenters. The molecular formula is C21H19N3O4S. The molecule has 8 heteroatoms. The number of ether oxygens (including phenoxy) is 3. The Morgan fingerprint density at radius 1 is 1.24 bits per heavy atom. The van der Waals surface area contributed by atoms with E-state index in [1.807, 2.05) is 32.0 Å². The summed E-state index contributed by atoms with van der Waals surface area (Å²) in [5, 5.41) is 10.5. The summed E-state index contributed by atoms with van der Waals surface area (Å²) in [6.45, 7) is 4.41. The van der Waals surface area contributed by atoms with Gasteiger partial charge in [-0.1, -0.05) is 0 Å². The first-order valence-electron chi connectivity index (χ1n) is 9.26. The predicted octanol–water partition coefficient (Wildman–Crippen LogP) is 3.88. The Balaban J connectivity index is 1.75. The molecule has 1 aliphatic heterocycles. The molecule has 2 aromatic carbocycles. The number of nitrogens with zero attached hydrogens (tertiary/aromatic N) is 3. The number of methoxy groups -OCH3 is 1. The fraction of sp³-hybridized carbons (Fsp3) is 0.286. The van der Waals surface area contributed by atoms with Gasteiger partial charge in [-0.15, -0.1) is 11.3 Å². The van der Waals surface area contributed by atoms with E-state index < -0.39 is 0 Å². The molecule has 0 spiro atoms. The van der Waals surface area contributed by atoms with Gasteiger partial charge in [0, 0.05) is 5.56 Å². The van der Waals surface area contributed by atoms with Crippen molar-refractivity contribution in [2.45, 2.75) is 26.6 Å². The SMILES string of the molecule is COc1cnc2c(-c3nc4c(C)cc5c(c4s3)OC[C@@H](C)O5)cc(CO)cc2n1. The van der Waals surface area contributed by atoms with Crippen LogP contribution in [0.25, 0.3) is 31.8 Å². The van der Waals surface area contributed by atoms with Crippen molar-refractivity contribution in [3.63, 3.8) is 0 Å². The lowest BCUT2D eigenvalue weighted by Crippen LogP contribution is -2.25. The average Bonchev–Trinajstić information content (AvgIpc) is 3.18. The van der Waals surface area contributed by atoms with Crippen molar-refractivity contribution in [3.05, 3.63) is 35.5 Å². The number of benzene rings is 2. The van der Waals surface area contributed by atoms with Gasteiger partial charge in [0.05, 0.1) is 36.5 Å². The summed E-state index contributed by atoms with van der Waals surface area (Å²) in [4.78, 5) is 13.9. The van der Waals surface area contributed by atoms with Gasteiger partial charge in [0.1, 0.15) is 22.4 Å². The monoisotopic (exact) mass is 409 g/mol. The largest absolute Gasteiger partial charge is 0.484 e. The second-order valence-corrected chi connectivity index (χ2v) is 8.04. The molecule has 1 N–H and O–H groups in total. The maximum Gasteiger partial charge on any atom is 0.232 e. The smallest absolute Gasteiger partial charge is 0.232 e. The van der Waals surface area contributed by atoms with E-state index in [4.69, 9.17) is 19.2 Å². The van der Waals surface area contributed by atoms with Gasteiger partial charge in [0.15, 0.2) is 11.5 Å².